The molecule has 0 saturated carbocycles. The fraction of sp³-hybridized carbons (Fsp3) is 0.571. The van der Waals surface area contributed by atoms with Crippen molar-refractivity contribution in [3.8, 4) is 0 Å². The third-order valence-electron chi connectivity index (χ3n) is 3.69. The Hall–Kier alpha value is -0.910. The average Bonchev–Trinajstić information content (AvgIpc) is 2.31. The van der Waals surface area contributed by atoms with E-state index in [2.05, 4.69) is 10.0 Å². The average molecular weight is 282 g/mol. The van der Waals surface area contributed by atoms with Crippen molar-refractivity contribution in [3.05, 3.63) is 29.3 Å². The van der Waals surface area contributed by atoms with Crippen LogP contribution in [0.1, 0.15) is 30.9 Å². The second-order valence-corrected chi connectivity index (χ2v) is 7.06. The molecular weight excluding hydrogens is 260 g/mol. The lowest BCUT2D eigenvalue weighted by Gasteiger charge is -2.30. The van der Waals surface area contributed by atoms with Crippen LogP contribution >= 0.6 is 0 Å². The van der Waals surface area contributed by atoms with Crippen LogP contribution in [-0.4, -0.2) is 27.0 Å². The Balaban J connectivity index is 2.22. The van der Waals surface area contributed by atoms with E-state index in [0.29, 0.717) is 4.90 Å². The van der Waals surface area contributed by atoms with Gasteiger partial charge >= 0.3 is 0 Å². The summed E-state index contributed by atoms with van der Waals surface area (Å²) >= 11 is 0. The van der Waals surface area contributed by atoms with E-state index >= 15 is 0 Å². The van der Waals surface area contributed by atoms with Crippen LogP contribution in [0.25, 0.3) is 0 Å². The van der Waals surface area contributed by atoms with Gasteiger partial charge in [-0.2, -0.15) is 0 Å². The molecule has 2 rings (SSSR count). The van der Waals surface area contributed by atoms with E-state index in [4.69, 9.17) is 0 Å². The molecule has 0 radical (unpaired) electrons. The topological polar surface area (TPSA) is 58.2 Å². The first-order valence-electron chi connectivity index (χ1n) is 6.73. The Labute approximate surface area is 115 Å². The van der Waals surface area contributed by atoms with Crippen LogP contribution in [0.2, 0.25) is 0 Å². The van der Waals surface area contributed by atoms with Crippen LogP contribution in [0.4, 0.5) is 0 Å². The van der Waals surface area contributed by atoms with Crippen LogP contribution in [0.5, 0.6) is 0 Å². The minimum Gasteiger partial charge on any atom is -0.313 e. The Bertz CT molecular complexity index is 555. The number of hydrogen-bond donors (Lipinski definition) is 2. The molecule has 4 nitrogen and oxygen atoms in total. The molecule has 2 unspecified atom stereocenters. The molecule has 5 heteroatoms. The van der Waals surface area contributed by atoms with E-state index in [1.54, 1.807) is 6.07 Å². The van der Waals surface area contributed by atoms with Gasteiger partial charge in [-0.05, 0) is 51.8 Å². The van der Waals surface area contributed by atoms with E-state index in [0.717, 1.165) is 30.5 Å². The first kappa shape index (κ1) is 14.5. The fourth-order valence-corrected chi connectivity index (χ4v) is 4.15. The highest BCUT2D eigenvalue weighted by atomic mass is 32.2. The Kier molecular flexibility index (Phi) is 4.28. The van der Waals surface area contributed by atoms with Crippen LogP contribution in [0.15, 0.2) is 23.1 Å². The van der Waals surface area contributed by atoms with Crippen molar-refractivity contribution in [3.63, 3.8) is 0 Å². The molecule has 1 aliphatic heterocycles. The van der Waals surface area contributed by atoms with Gasteiger partial charge in [-0.1, -0.05) is 17.7 Å². The van der Waals surface area contributed by atoms with Crippen LogP contribution < -0.4 is 10.0 Å². The molecule has 0 aromatic heterocycles. The first-order chi connectivity index (χ1) is 8.90. The Morgan fingerprint density at radius 3 is 2.68 bits per heavy atom. The van der Waals surface area contributed by atoms with Crippen LogP contribution in [0, 0.1) is 13.8 Å². The number of nitrogens with one attached hydrogen (secondary N) is 2. The largest absolute Gasteiger partial charge is 0.313 e. The highest BCUT2D eigenvalue weighted by molar-refractivity contribution is 7.89. The Morgan fingerprint density at radius 2 is 2.05 bits per heavy atom. The zero-order chi connectivity index (χ0) is 14.0. The molecule has 0 amide bonds. The molecule has 0 aliphatic carbocycles. The van der Waals surface area contributed by atoms with Crippen molar-refractivity contribution in [1.29, 1.82) is 0 Å². The maximum atomic E-state index is 12.4. The van der Waals surface area contributed by atoms with E-state index in [-0.39, 0.29) is 12.1 Å². The van der Waals surface area contributed by atoms with Gasteiger partial charge in [0, 0.05) is 12.1 Å². The molecule has 1 saturated heterocycles. The predicted molar refractivity (Wildman–Crippen MR) is 76.7 cm³/mol. The summed E-state index contributed by atoms with van der Waals surface area (Å²) in [5, 5.41) is 3.30. The molecule has 1 aromatic carbocycles. The van der Waals surface area contributed by atoms with E-state index in [1.807, 2.05) is 32.9 Å². The summed E-state index contributed by atoms with van der Waals surface area (Å²) in [5.41, 5.74) is 1.87. The molecule has 1 heterocycles. The van der Waals surface area contributed by atoms with Gasteiger partial charge in [0.1, 0.15) is 0 Å². The van der Waals surface area contributed by atoms with Crippen molar-refractivity contribution in [2.24, 2.45) is 0 Å². The summed E-state index contributed by atoms with van der Waals surface area (Å²) in [6, 6.07) is 5.57. The summed E-state index contributed by atoms with van der Waals surface area (Å²) in [4.78, 5) is 0.385. The standard InChI is InChI=1S/C14H22N2O2S/c1-10-6-7-14(11(2)9-10)19(17,18)16-13-5-4-8-15-12(13)3/h6-7,9,12-13,15-16H,4-5,8H2,1-3H3. The summed E-state index contributed by atoms with van der Waals surface area (Å²) in [6.45, 7) is 6.78. The smallest absolute Gasteiger partial charge is 0.241 e. The molecule has 0 bridgehead atoms. The highest BCUT2D eigenvalue weighted by Gasteiger charge is 2.27. The molecule has 1 aromatic rings. The molecule has 2 atom stereocenters. The van der Waals surface area contributed by atoms with Crippen molar-refractivity contribution >= 4 is 10.0 Å². The van der Waals surface area contributed by atoms with E-state index in [1.165, 1.54) is 0 Å². The van der Waals surface area contributed by atoms with Gasteiger partial charge in [-0.25, -0.2) is 13.1 Å². The molecule has 19 heavy (non-hydrogen) atoms. The van der Waals surface area contributed by atoms with Gasteiger partial charge in [-0.3, -0.25) is 0 Å². The Morgan fingerprint density at radius 1 is 1.32 bits per heavy atom. The molecular formula is C14H22N2O2S. The second-order valence-electron chi connectivity index (χ2n) is 5.38. The van der Waals surface area contributed by atoms with Crippen molar-refractivity contribution < 1.29 is 8.42 Å². The number of rotatable bonds is 3. The van der Waals surface area contributed by atoms with Gasteiger partial charge in [0.2, 0.25) is 10.0 Å². The van der Waals surface area contributed by atoms with Crippen molar-refractivity contribution in [2.75, 3.05) is 6.54 Å². The molecule has 0 spiro atoms. The van der Waals surface area contributed by atoms with E-state index in [9.17, 15) is 8.42 Å². The summed E-state index contributed by atoms with van der Waals surface area (Å²) in [7, 11) is -3.43. The second kappa shape index (κ2) is 5.61. The van der Waals surface area contributed by atoms with Gasteiger partial charge in [0.25, 0.3) is 0 Å². The van der Waals surface area contributed by atoms with Gasteiger partial charge in [0.05, 0.1) is 4.90 Å². The third-order valence-corrected chi connectivity index (χ3v) is 5.34. The minimum atomic E-state index is -3.43. The molecule has 106 valence electrons. The summed E-state index contributed by atoms with van der Waals surface area (Å²) in [6.07, 6.45) is 1.89. The van der Waals surface area contributed by atoms with Crippen molar-refractivity contribution in [2.45, 2.75) is 50.6 Å². The minimum absolute atomic E-state index is 0.0283. The van der Waals surface area contributed by atoms with Gasteiger partial charge in [0.15, 0.2) is 0 Å². The zero-order valence-corrected chi connectivity index (χ0v) is 12.5. The lowest BCUT2D eigenvalue weighted by atomic mass is 10.0. The predicted octanol–water partition coefficient (Wildman–Crippen LogP) is 1.72. The number of piperidine rings is 1. The third kappa shape index (κ3) is 3.35. The number of sulfonamides is 1. The lowest BCUT2D eigenvalue weighted by molar-refractivity contribution is 0.348. The fourth-order valence-electron chi connectivity index (χ4n) is 2.57. The van der Waals surface area contributed by atoms with Crippen LogP contribution in [0.3, 0.4) is 0 Å². The maximum absolute atomic E-state index is 12.4. The molecule has 1 aliphatic rings. The van der Waals surface area contributed by atoms with Gasteiger partial charge in [-0.15, -0.1) is 0 Å². The summed E-state index contributed by atoms with van der Waals surface area (Å²) < 4.78 is 27.7. The quantitative estimate of drug-likeness (QED) is 0.887. The zero-order valence-electron chi connectivity index (χ0n) is 11.7. The maximum Gasteiger partial charge on any atom is 0.241 e. The lowest BCUT2D eigenvalue weighted by Crippen LogP contribution is -2.51. The van der Waals surface area contributed by atoms with E-state index < -0.39 is 10.0 Å². The number of benzene rings is 1. The number of aryl methyl sites for hydroxylation is 2. The molecule has 2 N–H and O–H groups in total. The van der Waals surface area contributed by atoms with Crippen molar-refractivity contribution in [1.82, 2.24) is 10.0 Å². The normalized spacial score (nSPS) is 24.4. The molecule has 1 fully saturated rings. The highest BCUT2D eigenvalue weighted by Crippen LogP contribution is 2.18. The first-order valence-corrected chi connectivity index (χ1v) is 8.21. The van der Waals surface area contributed by atoms with Crippen LogP contribution in [-0.2, 0) is 10.0 Å². The SMILES string of the molecule is Cc1ccc(S(=O)(=O)NC2CCCNC2C)c(C)c1. The summed E-state index contributed by atoms with van der Waals surface area (Å²) in [5.74, 6) is 0. The number of hydrogen-bond acceptors (Lipinski definition) is 3. The monoisotopic (exact) mass is 282 g/mol. The van der Waals surface area contributed by atoms with Gasteiger partial charge < -0.3 is 5.32 Å².